The number of amides is 2. The van der Waals surface area contributed by atoms with Crippen LogP contribution in [0.3, 0.4) is 0 Å². The molecule has 1 aromatic carbocycles. The van der Waals surface area contributed by atoms with Gasteiger partial charge in [0, 0.05) is 5.69 Å². The maximum atomic E-state index is 12.1. The molecular weight excluding hydrogens is 367 g/mol. The largest absolute Gasteiger partial charge is 0.490 e. The molecule has 0 unspecified atom stereocenters. The van der Waals surface area contributed by atoms with Gasteiger partial charge in [0.2, 0.25) is 11.8 Å². The van der Waals surface area contributed by atoms with Crippen LogP contribution >= 0.6 is 0 Å². The lowest BCUT2D eigenvalue weighted by molar-refractivity contribution is -0.192. The molecule has 0 saturated carbocycles. The molecule has 10 heteroatoms. The molecule has 0 saturated heterocycles. The predicted octanol–water partition coefficient (Wildman–Crippen LogP) is 2.14. The Morgan fingerprint density at radius 2 is 1.59 bits per heavy atom. The zero-order valence-electron chi connectivity index (χ0n) is 15.2. The van der Waals surface area contributed by atoms with E-state index in [2.05, 4.69) is 10.6 Å². The molecule has 0 bridgehead atoms. The number of nitrogens with two attached hydrogens (primary N) is 1. The predicted molar refractivity (Wildman–Crippen MR) is 93.8 cm³/mol. The number of para-hydroxylation sites is 1. The fourth-order valence-electron chi connectivity index (χ4n) is 1.86. The van der Waals surface area contributed by atoms with Crippen LogP contribution in [0.2, 0.25) is 0 Å². The number of carboxylic acid groups (broad SMARTS) is 1. The topological polar surface area (TPSA) is 122 Å². The summed E-state index contributed by atoms with van der Waals surface area (Å²) in [5, 5.41) is 12.9. The van der Waals surface area contributed by atoms with Gasteiger partial charge in [0.05, 0.1) is 0 Å². The third-order valence-electron chi connectivity index (χ3n) is 3.16. The number of hydrogen-bond acceptors (Lipinski definition) is 4. The molecule has 152 valence electrons. The maximum Gasteiger partial charge on any atom is 0.490 e. The summed E-state index contributed by atoms with van der Waals surface area (Å²) < 4.78 is 31.7. The van der Waals surface area contributed by atoms with E-state index in [9.17, 15) is 22.8 Å². The van der Waals surface area contributed by atoms with Crippen molar-refractivity contribution in [2.75, 3.05) is 5.32 Å². The number of anilines is 1. The van der Waals surface area contributed by atoms with Crippen LogP contribution in [0.15, 0.2) is 30.3 Å². The van der Waals surface area contributed by atoms with E-state index in [1.54, 1.807) is 6.92 Å². The number of carbonyl (C=O) groups is 3. The molecule has 0 radical (unpaired) electrons. The Morgan fingerprint density at radius 3 is 1.96 bits per heavy atom. The van der Waals surface area contributed by atoms with E-state index in [1.165, 1.54) is 0 Å². The quantitative estimate of drug-likeness (QED) is 0.567. The summed E-state index contributed by atoms with van der Waals surface area (Å²) in [6, 6.07) is 8.37. The number of rotatable bonds is 7. The Morgan fingerprint density at radius 1 is 1.11 bits per heavy atom. The van der Waals surface area contributed by atoms with Gasteiger partial charge < -0.3 is 21.5 Å². The van der Waals surface area contributed by atoms with E-state index in [4.69, 9.17) is 15.6 Å². The minimum atomic E-state index is -5.08. The van der Waals surface area contributed by atoms with Crippen molar-refractivity contribution >= 4 is 23.5 Å². The number of alkyl halides is 3. The molecule has 1 rings (SSSR count). The summed E-state index contributed by atoms with van der Waals surface area (Å²) >= 11 is 0. The van der Waals surface area contributed by atoms with E-state index in [1.807, 2.05) is 44.2 Å². The monoisotopic (exact) mass is 391 g/mol. The van der Waals surface area contributed by atoms with Crippen LogP contribution in [-0.4, -0.2) is 41.2 Å². The van der Waals surface area contributed by atoms with Crippen molar-refractivity contribution in [1.29, 1.82) is 0 Å². The summed E-state index contributed by atoms with van der Waals surface area (Å²) in [5.74, 6) is -3.21. The van der Waals surface area contributed by atoms with E-state index in [0.29, 0.717) is 6.42 Å². The summed E-state index contributed by atoms with van der Waals surface area (Å²) in [4.78, 5) is 32.3. The van der Waals surface area contributed by atoms with Gasteiger partial charge >= 0.3 is 12.1 Å². The first kappa shape index (κ1) is 24.2. The summed E-state index contributed by atoms with van der Waals surface area (Å²) in [6.07, 6.45) is -4.54. The van der Waals surface area contributed by atoms with E-state index >= 15 is 0 Å². The van der Waals surface area contributed by atoms with Gasteiger partial charge in [0.1, 0.15) is 12.1 Å². The molecule has 0 fully saturated rings. The van der Waals surface area contributed by atoms with Crippen LogP contribution in [0.25, 0.3) is 0 Å². The molecule has 1 aromatic rings. The van der Waals surface area contributed by atoms with Gasteiger partial charge in [0.25, 0.3) is 0 Å². The van der Waals surface area contributed by atoms with Gasteiger partial charge in [0.15, 0.2) is 0 Å². The standard InChI is InChI=1S/C15H23N3O2.C2HF3O2/c1-10(2)9-13(14(16)19)18-15(20)11(3)17-12-7-5-4-6-8-12;3-2(4,5)1(6)7/h4-8,10-11,13,17H,9H2,1-3H3,(H2,16,19)(H,18,20);(H,6,7)/t11-,13-;/m0./s1. The van der Waals surface area contributed by atoms with Crippen molar-refractivity contribution < 1.29 is 32.7 Å². The molecular formula is C17H24F3N3O4. The van der Waals surface area contributed by atoms with Gasteiger partial charge in [-0.1, -0.05) is 32.0 Å². The number of benzene rings is 1. The van der Waals surface area contributed by atoms with Crippen molar-refractivity contribution in [3.05, 3.63) is 30.3 Å². The third kappa shape index (κ3) is 10.7. The molecule has 0 aliphatic rings. The zero-order chi connectivity index (χ0) is 21.2. The molecule has 0 spiro atoms. The molecule has 0 aliphatic carbocycles. The normalized spacial score (nSPS) is 13.0. The van der Waals surface area contributed by atoms with Crippen molar-refractivity contribution in [2.24, 2.45) is 11.7 Å². The summed E-state index contributed by atoms with van der Waals surface area (Å²) in [6.45, 7) is 5.71. The van der Waals surface area contributed by atoms with E-state index in [-0.39, 0.29) is 11.8 Å². The van der Waals surface area contributed by atoms with Crippen LogP contribution in [0.1, 0.15) is 27.2 Å². The Bertz CT molecular complexity index is 622. The number of primary amides is 1. The highest BCUT2D eigenvalue weighted by atomic mass is 19.4. The Labute approximate surface area is 155 Å². The Balaban J connectivity index is 0.000000821. The van der Waals surface area contributed by atoms with Crippen molar-refractivity contribution in [2.45, 2.75) is 45.5 Å². The number of halogens is 3. The second kappa shape index (κ2) is 11.0. The number of carboxylic acids is 1. The average Bonchev–Trinajstić information content (AvgIpc) is 2.54. The summed E-state index contributed by atoms with van der Waals surface area (Å²) in [5.41, 5.74) is 6.17. The van der Waals surface area contributed by atoms with E-state index in [0.717, 1.165) is 5.69 Å². The lowest BCUT2D eigenvalue weighted by Gasteiger charge is -2.21. The SMILES string of the molecule is CC(C)C[C@H](NC(=O)[C@H](C)Nc1ccccc1)C(N)=O.O=C(O)C(F)(F)F. The molecule has 0 aromatic heterocycles. The highest BCUT2D eigenvalue weighted by Gasteiger charge is 2.38. The maximum absolute atomic E-state index is 12.1. The smallest absolute Gasteiger partial charge is 0.475 e. The first-order chi connectivity index (χ1) is 12.3. The van der Waals surface area contributed by atoms with E-state index < -0.39 is 30.1 Å². The van der Waals surface area contributed by atoms with Crippen LogP contribution in [0, 0.1) is 5.92 Å². The Kier molecular flexibility index (Phi) is 9.91. The van der Waals surface area contributed by atoms with Crippen LogP contribution in [0.4, 0.5) is 18.9 Å². The van der Waals surface area contributed by atoms with Crippen LogP contribution in [-0.2, 0) is 14.4 Å². The van der Waals surface area contributed by atoms with Crippen LogP contribution < -0.4 is 16.4 Å². The van der Waals surface area contributed by atoms with Crippen molar-refractivity contribution in [3.8, 4) is 0 Å². The van der Waals surface area contributed by atoms with Crippen LogP contribution in [0.5, 0.6) is 0 Å². The number of carbonyl (C=O) groups excluding carboxylic acids is 2. The highest BCUT2D eigenvalue weighted by Crippen LogP contribution is 2.13. The zero-order valence-corrected chi connectivity index (χ0v) is 15.2. The second-order valence-electron chi connectivity index (χ2n) is 6.13. The minimum Gasteiger partial charge on any atom is -0.475 e. The van der Waals surface area contributed by atoms with Gasteiger partial charge in [-0.15, -0.1) is 0 Å². The molecule has 2 atom stereocenters. The number of hydrogen-bond donors (Lipinski definition) is 4. The Hall–Kier alpha value is -2.78. The molecule has 27 heavy (non-hydrogen) atoms. The number of aliphatic carboxylic acids is 1. The lowest BCUT2D eigenvalue weighted by atomic mass is 10.0. The first-order valence-electron chi connectivity index (χ1n) is 8.06. The fraction of sp³-hybridized carbons (Fsp3) is 0.471. The van der Waals surface area contributed by atoms with Gasteiger partial charge in [-0.05, 0) is 31.4 Å². The van der Waals surface area contributed by atoms with Gasteiger partial charge in [-0.25, -0.2) is 4.79 Å². The molecule has 5 N–H and O–H groups in total. The number of nitrogens with one attached hydrogen (secondary N) is 2. The fourth-order valence-corrected chi connectivity index (χ4v) is 1.86. The first-order valence-corrected chi connectivity index (χ1v) is 8.06. The highest BCUT2D eigenvalue weighted by molar-refractivity contribution is 5.90. The van der Waals surface area contributed by atoms with Crippen molar-refractivity contribution in [1.82, 2.24) is 5.32 Å². The average molecular weight is 391 g/mol. The lowest BCUT2D eigenvalue weighted by Crippen LogP contribution is -2.49. The second-order valence-corrected chi connectivity index (χ2v) is 6.13. The third-order valence-corrected chi connectivity index (χ3v) is 3.16. The van der Waals surface area contributed by atoms with Gasteiger partial charge in [-0.2, -0.15) is 13.2 Å². The molecule has 7 nitrogen and oxygen atoms in total. The van der Waals surface area contributed by atoms with Gasteiger partial charge in [-0.3, -0.25) is 9.59 Å². The molecule has 0 heterocycles. The van der Waals surface area contributed by atoms with Crippen molar-refractivity contribution in [3.63, 3.8) is 0 Å². The molecule has 0 aliphatic heterocycles. The summed E-state index contributed by atoms with van der Waals surface area (Å²) in [7, 11) is 0. The molecule has 2 amide bonds. The minimum absolute atomic E-state index is 0.238.